The second kappa shape index (κ2) is 6.03. The van der Waals surface area contributed by atoms with Crippen LogP contribution in [-0.2, 0) is 0 Å². The Bertz CT molecular complexity index is 536. The SMILES string of the molecule is CCC(NC)c1ccc(-c2ccc(C)c(C)c2)cc1. The predicted octanol–water partition coefficient (Wildman–Crippen LogP) is 4.64. The molecular formula is C18H23N. The molecule has 0 aliphatic heterocycles. The molecule has 1 unspecified atom stereocenters. The average molecular weight is 253 g/mol. The van der Waals surface area contributed by atoms with E-state index in [4.69, 9.17) is 0 Å². The summed E-state index contributed by atoms with van der Waals surface area (Å²) in [7, 11) is 2.02. The number of aryl methyl sites for hydroxylation is 2. The molecule has 0 bridgehead atoms. The van der Waals surface area contributed by atoms with Gasteiger partial charge in [0, 0.05) is 6.04 Å². The zero-order valence-electron chi connectivity index (χ0n) is 12.3. The van der Waals surface area contributed by atoms with Crippen molar-refractivity contribution in [3.05, 3.63) is 59.2 Å². The van der Waals surface area contributed by atoms with Crippen LogP contribution in [0.4, 0.5) is 0 Å². The van der Waals surface area contributed by atoms with Crippen LogP contribution in [0.1, 0.15) is 36.1 Å². The van der Waals surface area contributed by atoms with Crippen LogP contribution >= 0.6 is 0 Å². The van der Waals surface area contributed by atoms with Crippen molar-refractivity contribution in [3.63, 3.8) is 0 Å². The maximum Gasteiger partial charge on any atom is 0.0314 e. The van der Waals surface area contributed by atoms with Gasteiger partial charge in [0.25, 0.3) is 0 Å². The van der Waals surface area contributed by atoms with Gasteiger partial charge < -0.3 is 5.32 Å². The standard InChI is InChI=1S/C18H23N/c1-5-18(19-4)16-10-8-15(9-11-16)17-7-6-13(2)14(3)12-17/h6-12,18-19H,5H2,1-4H3. The molecule has 1 N–H and O–H groups in total. The van der Waals surface area contributed by atoms with E-state index in [-0.39, 0.29) is 0 Å². The second-order valence-electron chi connectivity index (χ2n) is 5.17. The minimum atomic E-state index is 0.453. The van der Waals surface area contributed by atoms with Gasteiger partial charge in [-0.25, -0.2) is 0 Å². The lowest BCUT2D eigenvalue weighted by Crippen LogP contribution is -2.14. The summed E-state index contributed by atoms with van der Waals surface area (Å²) in [5.41, 5.74) is 6.65. The number of hydrogen-bond donors (Lipinski definition) is 1. The van der Waals surface area contributed by atoms with Crippen molar-refractivity contribution in [1.82, 2.24) is 5.32 Å². The normalized spacial score (nSPS) is 12.4. The highest BCUT2D eigenvalue weighted by atomic mass is 14.9. The molecule has 2 rings (SSSR count). The van der Waals surface area contributed by atoms with Crippen molar-refractivity contribution < 1.29 is 0 Å². The molecule has 0 radical (unpaired) electrons. The van der Waals surface area contributed by atoms with Crippen molar-refractivity contribution >= 4 is 0 Å². The molecule has 1 heteroatoms. The molecule has 0 heterocycles. The maximum absolute atomic E-state index is 3.34. The largest absolute Gasteiger partial charge is 0.313 e. The molecule has 0 aliphatic carbocycles. The van der Waals surface area contributed by atoms with E-state index in [1.54, 1.807) is 0 Å². The molecule has 0 aliphatic rings. The molecule has 0 aromatic heterocycles. The van der Waals surface area contributed by atoms with Crippen LogP contribution in [0.2, 0.25) is 0 Å². The molecule has 2 aromatic rings. The fraction of sp³-hybridized carbons (Fsp3) is 0.333. The van der Waals surface area contributed by atoms with Gasteiger partial charge in [0.15, 0.2) is 0 Å². The average Bonchev–Trinajstić information content (AvgIpc) is 2.44. The Hall–Kier alpha value is -1.60. The van der Waals surface area contributed by atoms with Crippen LogP contribution in [0.5, 0.6) is 0 Å². The first kappa shape index (κ1) is 13.8. The van der Waals surface area contributed by atoms with Crippen LogP contribution in [0.15, 0.2) is 42.5 Å². The number of nitrogens with one attached hydrogen (secondary N) is 1. The summed E-state index contributed by atoms with van der Waals surface area (Å²) in [5.74, 6) is 0. The summed E-state index contributed by atoms with van der Waals surface area (Å²) in [4.78, 5) is 0. The Morgan fingerprint density at radius 3 is 2.05 bits per heavy atom. The highest BCUT2D eigenvalue weighted by Gasteiger charge is 2.06. The first-order valence-electron chi connectivity index (χ1n) is 7.00. The van der Waals surface area contributed by atoms with Crippen molar-refractivity contribution in [3.8, 4) is 11.1 Å². The quantitative estimate of drug-likeness (QED) is 0.837. The molecule has 0 fully saturated rings. The van der Waals surface area contributed by atoms with Gasteiger partial charge in [-0.1, -0.05) is 49.4 Å². The first-order chi connectivity index (χ1) is 9.15. The number of hydrogen-bond acceptors (Lipinski definition) is 1. The molecule has 1 atom stereocenters. The van der Waals surface area contributed by atoms with E-state index in [9.17, 15) is 0 Å². The Morgan fingerprint density at radius 1 is 0.895 bits per heavy atom. The van der Waals surface area contributed by atoms with Gasteiger partial charge in [-0.2, -0.15) is 0 Å². The summed E-state index contributed by atoms with van der Waals surface area (Å²) in [6, 6.07) is 16.0. The summed E-state index contributed by atoms with van der Waals surface area (Å²) >= 11 is 0. The zero-order valence-corrected chi connectivity index (χ0v) is 12.3. The minimum Gasteiger partial charge on any atom is -0.313 e. The van der Waals surface area contributed by atoms with Gasteiger partial charge >= 0.3 is 0 Å². The van der Waals surface area contributed by atoms with Crippen molar-refractivity contribution in [2.24, 2.45) is 0 Å². The molecule has 2 aromatic carbocycles. The first-order valence-corrected chi connectivity index (χ1v) is 7.00. The lowest BCUT2D eigenvalue weighted by atomic mass is 9.97. The Morgan fingerprint density at radius 2 is 1.53 bits per heavy atom. The third-order valence-electron chi connectivity index (χ3n) is 3.91. The predicted molar refractivity (Wildman–Crippen MR) is 83.4 cm³/mol. The zero-order chi connectivity index (χ0) is 13.8. The monoisotopic (exact) mass is 253 g/mol. The van der Waals surface area contributed by atoms with E-state index in [2.05, 4.69) is 68.6 Å². The van der Waals surface area contributed by atoms with Gasteiger partial charge in [0.2, 0.25) is 0 Å². The fourth-order valence-corrected chi connectivity index (χ4v) is 2.44. The van der Waals surface area contributed by atoms with Gasteiger partial charge in [-0.05, 0) is 55.1 Å². The van der Waals surface area contributed by atoms with E-state index >= 15 is 0 Å². The highest BCUT2D eigenvalue weighted by molar-refractivity contribution is 5.65. The smallest absolute Gasteiger partial charge is 0.0314 e. The van der Waals surface area contributed by atoms with E-state index in [1.807, 2.05) is 7.05 Å². The molecule has 19 heavy (non-hydrogen) atoms. The lowest BCUT2D eigenvalue weighted by molar-refractivity contribution is 0.577. The van der Waals surface area contributed by atoms with Crippen LogP contribution < -0.4 is 5.32 Å². The van der Waals surface area contributed by atoms with Crippen LogP contribution in [0, 0.1) is 13.8 Å². The number of benzene rings is 2. The Balaban J connectivity index is 2.29. The van der Waals surface area contributed by atoms with Crippen molar-refractivity contribution in [2.75, 3.05) is 7.05 Å². The molecular weight excluding hydrogens is 230 g/mol. The summed E-state index contributed by atoms with van der Waals surface area (Å²) < 4.78 is 0. The summed E-state index contributed by atoms with van der Waals surface area (Å²) in [6.07, 6.45) is 1.11. The lowest BCUT2D eigenvalue weighted by Gasteiger charge is -2.15. The highest BCUT2D eigenvalue weighted by Crippen LogP contribution is 2.24. The van der Waals surface area contributed by atoms with E-state index in [0.29, 0.717) is 6.04 Å². The molecule has 0 saturated carbocycles. The Kier molecular flexibility index (Phi) is 4.39. The summed E-state index contributed by atoms with van der Waals surface area (Å²) in [6.45, 7) is 6.53. The van der Waals surface area contributed by atoms with Gasteiger partial charge in [0.05, 0.1) is 0 Å². The minimum absolute atomic E-state index is 0.453. The maximum atomic E-state index is 3.34. The molecule has 100 valence electrons. The van der Waals surface area contributed by atoms with Gasteiger partial charge in [-0.15, -0.1) is 0 Å². The van der Waals surface area contributed by atoms with Crippen LogP contribution in [0.25, 0.3) is 11.1 Å². The number of rotatable bonds is 4. The molecule has 1 nitrogen and oxygen atoms in total. The topological polar surface area (TPSA) is 12.0 Å². The van der Waals surface area contributed by atoms with E-state index < -0.39 is 0 Å². The molecule has 0 saturated heterocycles. The third kappa shape index (κ3) is 3.05. The Labute approximate surface area is 116 Å². The summed E-state index contributed by atoms with van der Waals surface area (Å²) in [5, 5.41) is 3.34. The third-order valence-corrected chi connectivity index (χ3v) is 3.91. The van der Waals surface area contributed by atoms with Crippen LogP contribution in [-0.4, -0.2) is 7.05 Å². The molecule has 0 amide bonds. The van der Waals surface area contributed by atoms with Gasteiger partial charge in [0.1, 0.15) is 0 Å². The second-order valence-corrected chi connectivity index (χ2v) is 5.17. The van der Waals surface area contributed by atoms with E-state index in [1.165, 1.54) is 27.8 Å². The van der Waals surface area contributed by atoms with Gasteiger partial charge in [-0.3, -0.25) is 0 Å². The van der Waals surface area contributed by atoms with E-state index in [0.717, 1.165) is 6.42 Å². The van der Waals surface area contributed by atoms with Crippen LogP contribution in [0.3, 0.4) is 0 Å². The fourth-order valence-electron chi connectivity index (χ4n) is 2.44. The van der Waals surface area contributed by atoms with Crippen molar-refractivity contribution in [1.29, 1.82) is 0 Å². The molecule has 0 spiro atoms. The van der Waals surface area contributed by atoms with Crippen molar-refractivity contribution in [2.45, 2.75) is 33.2 Å².